The van der Waals surface area contributed by atoms with Gasteiger partial charge in [-0.25, -0.2) is 9.97 Å². The lowest BCUT2D eigenvalue weighted by Gasteiger charge is -2.16. The lowest BCUT2D eigenvalue weighted by Crippen LogP contribution is -2.22. The van der Waals surface area contributed by atoms with Crippen LogP contribution in [-0.2, 0) is 11.2 Å². The van der Waals surface area contributed by atoms with Gasteiger partial charge in [0.25, 0.3) is 0 Å². The van der Waals surface area contributed by atoms with Gasteiger partial charge in [-0.1, -0.05) is 13.8 Å². The van der Waals surface area contributed by atoms with Crippen molar-refractivity contribution in [2.75, 3.05) is 18.0 Å². The number of aromatic nitrogens is 2. The zero-order valence-electron chi connectivity index (χ0n) is 11.5. The lowest BCUT2D eigenvalue weighted by atomic mass is 10.1. The van der Waals surface area contributed by atoms with Crippen molar-refractivity contribution in [1.29, 1.82) is 0 Å². The molecular weight excluding hydrogens is 242 g/mol. The molecule has 0 spiro atoms. The van der Waals surface area contributed by atoms with Gasteiger partial charge in [0.15, 0.2) is 0 Å². The average Bonchev–Trinajstić information content (AvgIpc) is 2.76. The molecular formula is C14H21N3O2. The van der Waals surface area contributed by atoms with Gasteiger partial charge in [-0.15, -0.1) is 0 Å². The van der Waals surface area contributed by atoms with E-state index in [0.717, 1.165) is 37.4 Å². The Labute approximate surface area is 113 Å². The molecule has 104 valence electrons. The number of anilines is 1. The van der Waals surface area contributed by atoms with E-state index in [1.165, 1.54) is 0 Å². The highest BCUT2D eigenvalue weighted by molar-refractivity contribution is 5.67. The molecule has 2 rings (SSSR count). The van der Waals surface area contributed by atoms with Crippen LogP contribution in [0.1, 0.15) is 32.3 Å². The van der Waals surface area contributed by atoms with Gasteiger partial charge in [-0.3, -0.25) is 4.79 Å². The number of carbonyl (C=O) groups is 1. The second-order valence-corrected chi connectivity index (χ2v) is 5.69. The molecule has 5 nitrogen and oxygen atoms in total. The number of hydrogen-bond donors (Lipinski definition) is 1. The molecule has 0 radical (unpaired) electrons. The quantitative estimate of drug-likeness (QED) is 0.879. The highest BCUT2D eigenvalue weighted by Gasteiger charge is 2.25. The molecule has 19 heavy (non-hydrogen) atoms. The summed E-state index contributed by atoms with van der Waals surface area (Å²) in [6, 6.07) is 0. The monoisotopic (exact) mass is 263 g/mol. The Morgan fingerprint density at radius 2 is 2.16 bits per heavy atom. The number of rotatable bonds is 5. The predicted molar refractivity (Wildman–Crippen MR) is 73.1 cm³/mol. The predicted octanol–water partition coefficient (Wildman–Crippen LogP) is 1.98. The molecule has 1 aromatic heterocycles. The summed E-state index contributed by atoms with van der Waals surface area (Å²) >= 11 is 0. The van der Waals surface area contributed by atoms with E-state index in [2.05, 4.69) is 28.7 Å². The summed E-state index contributed by atoms with van der Waals surface area (Å²) in [5.74, 6) is 0.818. The van der Waals surface area contributed by atoms with Crippen molar-refractivity contribution in [3.05, 3.63) is 18.0 Å². The maximum Gasteiger partial charge on any atom is 0.303 e. The van der Waals surface area contributed by atoms with Crippen LogP contribution in [0.25, 0.3) is 0 Å². The third-order valence-corrected chi connectivity index (χ3v) is 3.37. The Balaban J connectivity index is 1.94. The van der Waals surface area contributed by atoms with E-state index < -0.39 is 5.97 Å². The maximum atomic E-state index is 10.7. The van der Waals surface area contributed by atoms with Gasteiger partial charge in [0.1, 0.15) is 0 Å². The number of carboxylic acids is 1. The van der Waals surface area contributed by atoms with Crippen molar-refractivity contribution in [3.63, 3.8) is 0 Å². The third kappa shape index (κ3) is 3.91. The first-order valence-electron chi connectivity index (χ1n) is 6.82. The molecule has 5 heteroatoms. The molecule has 1 aromatic rings. The van der Waals surface area contributed by atoms with Crippen LogP contribution in [0.4, 0.5) is 5.95 Å². The van der Waals surface area contributed by atoms with Crippen LogP contribution in [-0.4, -0.2) is 34.1 Å². The summed E-state index contributed by atoms with van der Waals surface area (Å²) in [7, 11) is 0. The number of hydrogen-bond acceptors (Lipinski definition) is 4. The maximum absolute atomic E-state index is 10.7. The fraction of sp³-hybridized carbons (Fsp3) is 0.643. The minimum Gasteiger partial charge on any atom is -0.481 e. The van der Waals surface area contributed by atoms with Gasteiger partial charge in [0.05, 0.1) is 0 Å². The van der Waals surface area contributed by atoms with Gasteiger partial charge >= 0.3 is 5.97 Å². The molecule has 1 aliphatic heterocycles. The van der Waals surface area contributed by atoms with Crippen LogP contribution < -0.4 is 4.90 Å². The normalized spacial score (nSPS) is 19.1. The van der Waals surface area contributed by atoms with E-state index in [9.17, 15) is 4.79 Å². The zero-order chi connectivity index (χ0) is 13.8. The lowest BCUT2D eigenvalue weighted by molar-refractivity contribution is -0.137. The first-order valence-corrected chi connectivity index (χ1v) is 6.82. The summed E-state index contributed by atoms with van der Waals surface area (Å²) in [5, 5.41) is 8.80. The molecule has 0 amide bonds. The Morgan fingerprint density at radius 1 is 1.47 bits per heavy atom. The van der Waals surface area contributed by atoms with Crippen LogP contribution >= 0.6 is 0 Å². The number of carboxylic acid groups (broad SMARTS) is 1. The Morgan fingerprint density at radius 3 is 2.74 bits per heavy atom. The smallest absolute Gasteiger partial charge is 0.303 e. The molecule has 2 heterocycles. The van der Waals surface area contributed by atoms with Crippen molar-refractivity contribution in [1.82, 2.24) is 9.97 Å². The molecule has 1 N–H and O–H groups in total. The third-order valence-electron chi connectivity index (χ3n) is 3.37. The summed E-state index contributed by atoms with van der Waals surface area (Å²) in [5.41, 5.74) is 1.15. The number of nitrogens with zero attached hydrogens (tertiary/aromatic N) is 3. The minimum atomic E-state index is -0.722. The second kappa shape index (κ2) is 5.99. The molecule has 1 aliphatic rings. The fourth-order valence-electron chi connectivity index (χ4n) is 2.52. The van der Waals surface area contributed by atoms with Gasteiger partial charge in [-0.05, 0) is 30.2 Å². The van der Waals surface area contributed by atoms with Crippen molar-refractivity contribution < 1.29 is 9.90 Å². The van der Waals surface area contributed by atoms with Gasteiger partial charge in [0.2, 0.25) is 5.95 Å². The second-order valence-electron chi connectivity index (χ2n) is 5.69. The summed E-state index contributed by atoms with van der Waals surface area (Å²) in [4.78, 5) is 21.6. The molecule has 0 bridgehead atoms. The van der Waals surface area contributed by atoms with Crippen molar-refractivity contribution in [2.24, 2.45) is 11.8 Å². The molecule has 0 saturated carbocycles. The van der Waals surface area contributed by atoms with Crippen molar-refractivity contribution in [2.45, 2.75) is 33.1 Å². The van der Waals surface area contributed by atoms with Gasteiger partial charge in [-0.2, -0.15) is 0 Å². The van der Waals surface area contributed by atoms with E-state index in [1.807, 2.05) is 12.4 Å². The van der Waals surface area contributed by atoms with Gasteiger partial charge < -0.3 is 10.0 Å². The highest BCUT2D eigenvalue weighted by Crippen LogP contribution is 2.23. The fourth-order valence-corrected chi connectivity index (χ4v) is 2.52. The summed E-state index contributed by atoms with van der Waals surface area (Å²) < 4.78 is 0. The summed E-state index contributed by atoms with van der Waals surface area (Å²) in [6.07, 6.45) is 5.90. The van der Waals surface area contributed by atoms with Gasteiger partial charge in [0, 0.05) is 31.9 Å². The SMILES string of the molecule is CC(C)Cc1cnc(N2CCC(CC(=O)O)C2)nc1. The van der Waals surface area contributed by atoms with Crippen LogP contribution in [0.5, 0.6) is 0 Å². The molecule has 1 unspecified atom stereocenters. The molecule has 1 fully saturated rings. The Kier molecular flexibility index (Phi) is 4.35. The van der Waals surface area contributed by atoms with E-state index in [1.54, 1.807) is 0 Å². The van der Waals surface area contributed by atoms with E-state index in [-0.39, 0.29) is 12.3 Å². The Bertz CT molecular complexity index is 431. The largest absolute Gasteiger partial charge is 0.481 e. The first kappa shape index (κ1) is 13.8. The molecule has 1 saturated heterocycles. The van der Waals surface area contributed by atoms with Crippen molar-refractivity contribution >= 4 is 11.9 Å². The Hall–Kier alpha value is -1.65. The zero-order valence-corrected chi connectivity index (χ0v) is 11.5. The van der Waals surface area contributed by atoms with Crippen LogP contribution in [0.3, 0.4) is 0 Å². The van der Waals surface area contributed by atoms with E-state index >= 15 is 0 Å². The van der Waals surface area contributed by atoms with Crippen molar-refractivity contribution in [3.8, 4) is 0 Å². The highest BCUT2D eigenvalue weighted by atomic mass is 16.4. The van der Waals surface area contributed by atoms with E-state index in [4.69, 9.17) is 5.11 Å². The van der Waals surface area contributed by atoms with Crippen LogP contribution in [0, 0.1) is 11.8 Å². The average molecular weight is 263 g/mol. The molecule has 0 aliphatic carbocycles. The summed E-state index contributed by atoms with van der Waals surface area (Å²) in [6.45, 7) is 5.94. The molecule has 0 aromatic carbocycles. The number of aliphatic carboxylic acids is 1. The van der Waals surface area contributed by atoms with Crippen LogP contribution in [0.15, 0.2) is 12.4 Å². The minimum absolute atomic E-state index is 0.219. The standard InChI is InChI=1S/C14H21N3O2/c1-10(2)5-12-7-15-14(16-8-12)17-4-3-11(9-17)6-13(18)19/h7-8,10-11H,3-6,9H2,1-2H3,(H,18,19). The molecule has 1 atom stereocenters. The topological polar surface area (TPSA) is 66.3 Å². The van der Waals surface area contributed by atoms with Crippen LogP contribution in [0.2, 0.25) is 0 Å². The van der Waals surface area contributed by atoms with E-state index in [0.29, 0.717) is 5.92 Å². The first-order chi connectivity index (χ1) is 9.04.